The summed E-state index contributed by atoms with van der Waals surface area (Å²) in [4.78, 5) is 4.87. The van der Waals surface area contributed by atoms with E-state index in [2.05, 4.69) is 30.0 Å². The van der Waals surface area contributed by atoms with Crippen molar-refractivity contribution in [1.29, 1.82) is 5.41 Å². The highest BCUT2D eigenvalue weighted by molar-refractivity contribution is 5.95. The van der Waals surface area contributed by atoms with E-state index in [4.69, 9.17) is 11.1 Å². The molecule has 1 fully saturated rings. The highest BCUT2D eigenvalue weighted by Gasteiger charge is 2.18. The second-order valence-corrected chi connectivity index (χ2v) is 6.27. The van der Waals surface area contributed by atoms with Gasteiger partial charge in [0.2, 0.25) is 0 Å². The van der Waals surface area contributed by atoms with Gasteiger partial charge in [-0.15, -0.1) is 0 Å². The summed E-state index contributed by atoms with van der Waals surface area (Å²) >= 11 is 0. The molecule has 21 heavy (non-hydrogen) atoms. The molecule has 0 spiro atoms. The quantitative estimate of drug-likeness (QED) is 0.624. The summed E-state index contributed by atoms with van der Waals surface area (Å²) in [6.45, 7) is 3.27. The van der Waals surface area contributed by atoms with Gasteiger partial charge in [-0.05, 0) is 58.1 Å². The third-order valence-corrected chi connectivity index (χ3v) is 4.46. The molecule has 0 amide bonds. The summed E-state index contributed by atoms with van der Waals surface area (Å²) in [6.07, 6.45) is 5.30. The maximum Gasteiger partial charge on any atom is 0.122 e. The topological polar surface area (TPSA) is 56.4 Å². The predicted octanol–water partition coefficient (Wildman–Crippen LogP) is 2.28. The highest BCUT2D eigenvalue weighted by atomic mass is 15.1. The summed E-state index contributed by atoms with van der Waals surface area (Å²) in [5.41, 5.74) is 7.59. The van der Waals surface area contributed by atoms with Crippen molar-refractivity contribution in [3.8, 4) is 0 Å². The molecule has 1 aliphatic heterocycles. The number of nitrogens with zero attached hydrogens (tertiary/aromatic N) is 2. The molecule has 0 aromatic heterocycles. The average Bonchev–Trinajstić information content (AvgIpc) is 2.46. The molecule has 1 aromatic rings. The molecule has 2 rings (SSSR count). The Balaban J connectivity index is 1.82. The van der Waals surface area contributed by atoms with Crippen LogP contribution < -0.4 is 5.73 Å². The fourth-order valence-corrected chi connectivity index (χ4v) is 3.11. The van der Waals surface area contributed by atoms with Crippen LogP contribution in [-0.4, -0.2) is 48.9 Å². The zero-order chi connectivity index (χ0) is 15.2. The number of likely N-dealkylation sites (tertiary alicyclic amines) is 1. The van der Waals surface area contributed by atoms with Crippen LogP contribution in [-0.2, 0) is 6.54 Å². The van der Waals surface area contributed by atoms with Gasteiger partial charge < -0.3 is 15.5 Å². The van der Waals surface area contributed by atoms with Gasteiger partial charge >= 0.3 is 0 Å². The van der Waals surface area contributed by atoms with E-state index in [-0.39, 0.29) is 5.84 Å². The van der Waals surface area contributed by atoms with Gasteiger partial charge in [-0.1, -0.05) is 24.6 Å². The van der Waals surface area contributed by atoms with Crippen LogP contribution in [0, 0.1) is 5.41 Å². The minimum atomic E-state index is 0.142. The van der Waals surface area contributed by atoms with E-state index in [1.165, 1.54) is 37.8 Å². The molecule has 116 valence electrons. The monoisotopic (exact) mass is 288 g/mol. The Morgan fingerprint density at radius 1 is 1.43 bits per heavy atom. The molecule has 0 aliphatic carbocycles. The summed E-state index contributed by atoms with van der Waals surface area (Å²) < 4.78 is 0. The van der Waals surface area contributed by atoms with Gasteiger partial charge in [-0.25, -0.2) is 0 Å². The van der Waals surface area contributed by atoms with E-state index in [1.54, 1.807) is 0 Å². The molecule has 4 nitrogen and oxygen atoms in total. The summed E-state index contributed by atoms with van der Waals surface area (Å²) in [5, 5.41) is 7.51. The Morgan fingerprint density at radius 2 is 2.24 bits per heavy atom. The maximum absolute atomic E-state index is 7.51. The molecule has 1 heterocycles. The van der Waals surface area contributed by atoms with Crippen LogP contribution in [0.2, 0.25) is 0 Å². The van der Waals surface area contributed by atoms with Gasteiger partial charge in [-0.3, -0.25) is 5.41 Å². The first-order chi connectivity index (χ1) is 10.1. The largest absolute Gasteiger partial charge is 0.384 e. The molecule has 1 saturated heterocycles. The van der Waals surface area contributed by atoms with Crippen molar-refractivity contribution in [3.63, 3.8) is 0 Å². The average molecular weight is 288 g/mol. The first-order valence-corrected chi connectivity index (χ1v) is 7.88. The number of benzene rings is 1. The number of nitrogens with two attached hydrogens (primary N) is 1. The minimum Gasteiger partial charge on any atom is -0.384 e. The Labute approximate surface area is 128 Å². The smallest absolute Gasteiger partial charge is 0.122 e. The SMILES string of the molecule is CN(CCC1CCCCN1C)Cc1cccc(C(=N)N)c1. The van der Waals surface area contributed by atoms with Gasteiger partial charge in [-0.2, -0.15) is 0 Å². The van der Waals surface area contributed by atoms with E-state index in [9.17, 15) is 0 Å². The van der Waals surface area contributed by atoms with E-state index in [1.807, 2.05) is 18.2 Å². The van der Waals surface area contributed by atoms with E-state index in [0.29, 0.717) is 0 Å². The number of hydrogen-bond acceptors (Lipinski definition) is 3. The maximum atomic E-state index is 7.51. The van der Waals surface area contributed by atoms with Gasteiger partial charge in [0.25, 0.3) is 0 Å². The lowest BCUT2D eigenvalue weighted by molar-refractivity contribution is 0.159. The number of hydrogen-bond donors (Lipinski definition) is 2. The minimum absolute atomic E-state index is 0.142. The van der Waals surface area contributed by atoms with E-state index in [0.717, 1.165) is 24.7 Å². The van der Waals surface area contributed by atoms with Crippen LogP contribution in [0.5, 0.6) is 0 Å². The van der Waals surface area contributed by atoms with Crippen LogP contribution in [0.4, 0.5) is 0 Å². The van der Waals surface area contributed by atoms with Crippen molar-refractivity contribution < 1.29 is 0 Å². The molecule has 0 radical (unpaired) electrons. The zero-order valence-electron chi connectivity index (χ0n) is 13.3. The number of amidine groups is 1. The Bertz CT molecular complexity index is 472. The molecule has 1 atom stereocenters. The lowest BCUT2D eigenvalue weighted by Crippen LogP contribution is -2.38. The molecule has 1 unspecified atom stereocenters. The van der Waals surface area contributed by atoms with Crippen LogP contribution in [0.1, 0.15) is 36.8 Å². The third-order valence-electron chi connectivity index (χ3n) is 4.46. The van der Waals surface area contributed by atoms with Crippen LogP contribution in [0.15, 0.2) is 24.3 Å². The first-order valence-electron chi connectivity index (χ1n) is 7.88. The van der Waals surface area contributed by atoms with Crippen molar-refractivity contribution in [2.45, 2.75) is 38.3 Å². The lowest BCUT2D eigenvalue weighted by atomic mass is 10.00. The standard InChI is InChI=1S/C17H28N4/c1-20(11-9-16-8-3-4-10-21(16)2)13-14-6-5-7-15(12-14)17(18)19/h5-7,12,16H,3-4,8-11,13H2,1-2H3,(H3,18,19). The Kier molecular flexibility index (Phi) is 5.76. The Hall–Kier alpha value is -1.39. The number of piperidine rings is 1. The predicted molar refractivity (Wildman–Crippen MR) is 88.7 cm³/mol. The van der Waals surface area contributed by atoms with Crippen molar-refractivity contribution in [2.24, 2.45) is 5.73 Å². The molecule has 0 saturated carbocycles. The van der Waals surface area contributed by atoms with Crippen LogP contribution in [0.3, 0.4) is 0 Å². The molecule has 4 heteroatoms. The summed E-state index contributed by atoms with van der Waals surface area (Å²) in [7, 11) is 4.42. The van der Waals surface area contributed by atoms with Gasteiger partial charge in [0.05, 0.1) is 0 Å². The Morgan fingerprint density at radius 3 is 2.95 bits per heavy atom. The van der Waals surface area contributed by atoms with Crippen molar-refractivity contribution in [1.82, 2.24) is 9.80 Å². The fraction of sp³-hybridized carbons (Fsp3) is 0.588. The summed E-state index contributed by atoms with van der Waals surface area (Å²) in [6, 6.07) is 8.74. The number of nitrogens with one attached hydrogen (secondary N) is 1. The van der Waals surface area contributed by atoms with Gasteiger partial charge in [0.15, 0.2) is 0 Å². The zero-order valence-corrected chi connectivity index (χ0v) is 13.3. The molecule has 1 aromatic carbocycles. The molecular weight excluding hydrogens is 260 g/mol. The number of rotatable bonds is 6. The lowest BCUT2D eigenvalue weighted by Gasteiger charge is -2.33. The molecule has 3 N–H and O–H groups in total. The second kappa shape index (κ2) is 7.57. The van der Waals surface area contributed by atoms with E-state index < -0.39 is 0 Å². The van der Waals surface area contributed by atoms with Crippen molar-refractivity contribution in [3.05, 3.63) is 35.4 Å². The van der Waals surface area contributed by atoms with Crippen molar-refractivity contribution in [2.75, 3.05) is 27.2 Å². The molecule has 0 bridgehead atoms. The van der Waals surface area contributed by atoms with Crippen LogP contribution >= 0.6 is 0 Å². The first kappa shape index (κ1) is 16.0. The van der Waals surface area contributed by atoms with Gasteiger partial charge in [0.1, 0.15) is 5.84 Å². The fourth-order valence-electron chi connectivity index (χ4n) is 3.11. The van der Waals surface area contributed by atoms with Crippen LogP contribution in [0.25, 0.3) is 0 Å². The number of nitrogen functional groups attached to an aromatic ring is 1. The molecular formula is C17H28N4. The third kappa shape index (κ3) is 4.83. The van der Waals surface area contributed by atoms with E-state index >= 15 is 0 Å². The van der Waals surface area contributed by atoms with Crippen molar-refractivity contribution >= 4 is 5.84 Å². The normalized spacial score (nSPS) is 19.9. The molecule has 1 aliphatic rings. The van der Waals surface area contributed by atoms with Gasteiger partial charge in [0, 0.05) is 18.2 Å². The highest BCUT2D eigenvalue weighted by Crippen LogP contribution is 2.18. The second-order valence-electron chi connectivity index (χ2n) is 6.27. The summed E-state index contributed by atoms with van der Waals surface area (Å²) in [5.74, 6) is 0.142.